The minimum absolute atomic E-state index is 0.00220. The molecule has 0 saturated heterocycles. The van der Waals surface area contributed by atoms with Crippen LogP contribution in [0.5, 0.6) is 5.75 Å². The second kappa shape index (κ2) is 6.41. The molecule has 110 valence electrons. The highest BCUT2D eigenvalue weighted by atomic mass is 35.5. The number of amides is 1. The van der Waals surface area contributed by atoms with Crippen LogP contribution in [0.1, 0.15) is 17.0 Å². The van der Waals surface area contributed by atoms with Gasteiger partial charge >= 0.3 is 0 Å². The second-order valence-corrected chi connectivity index (χ2v) is 5.00. The smallest absolute Gasteiger partial charge is 0.261 e. The number of hydrogen-bond donors (Lipinski definition) is 2. The third-order valence-corrected chi connectivity index (χ3v) is 3.07. The lowest BCUT2D eigenvalue weighted by Gasteiger charge is -2.03. The van der Waals surface area contributed by atoms with Gasteiger partial charge in [0.2, 0.25) is 0 Å². The number of rotatable bonds is 4. The van der Waals surface area contributed by atoms with Gasteiger partial charge in [-0.1, -0.05) is 11.6 Å². The SMILES string of the molecule is Cc1cc(C)n(CC(=O)N/N=C\c2ccc(O)c(Cl)c2)n1. The number of hydrazone groups is 1. The van der Waals surface area contributed by atoms with Gasteiger partial charge in [0.25, 0.3) is 5.91 Å². The number of halogens is 1. The summed E-state index contributed by atoms with van der Waals surface area (Å²) in [6.45, 7) is 3.86. The Balaban J connectivity index is 1.93. The van der Waals surface area contributed by atoms with E-state index < -0.39 is 0 Å². The van der Waals surface area contributed by atoms with Crippen LogP contribution in [0.25, 0.3) is 0 Å². The molecule has 0 aliphatic carbocycles. The molecule has 1 amide bonds. The minimum Gasteiger partial charge on any atom is -0.506 e. The summed E-state index contributed by atoms with van der Waals surface area (Å²) in [6, 6.07) is 6.54. The molecule has 1 aromatic heterocycles. The molecule has 1 heterocycles. The first kappa shape index (κ1) is 15.1. The Kier molecular flexibility index (Phi) is 4.59. The molecule has 1 aromatic carbocycles. The van der Waals surface area contributed by atoms with Crippen molar-refractivity contribution in [2.45, 2.75) is 20.4 Å². The van der Waals surface area contributed by atoms with Crippen LogP contribution < -0.4 is 5.43 Å². The Labute approximate surface area is 127 Å². The first-order valence-electron chi connectivity index (χ1n) is 6.27. The second-order valence-electron chi connectivity index (χ2n) is 4.59. The molecule has 0 fully saturated rings. The molecule has 0 radical (unpaired) electrons. The molecule has 0 aliphatic rings. The van der Waals surface area contributed by atoms with Crippen molar-refractivity contribution in [3.63, 3.8) is 0 Å². The monoisotopic (exact) mass is 306 g/mol. The maximum atomic E-state index is 11.7. The number of aromatic nitrogens is 2. The summed E-state index contributed by atoms with van der Waals surface area (Å²) in [4.78, 5) is 11.7. The van der Waals surface area contributed by atoms with Crippen molar-refractivity contribution in [2.24, 2.45) is 5.10 Å². The van der Waals surface area contributed by atoms with Gasteiger partial charge in [0.15, 0.2) is 0 Å². The van der Waals surface area contributed by atoms with Gasteiger partial charge in [-0.2, -0.15) is 10.2 Å². The zero-order chi connectivity index (χ0) is 15.4. The Morgan fingerprint density at radius 1 is 1.48 bits per heavy atom. The van der Waals surface area contributed by atoms with Gasteiger partial charge < -0.3 is 5.11 Å². The lowest BCUT2D eigenvalue weighted by atomic mass is 10.2. The molecule has 0 bridgehead atoms. The van der Waals surface area contributed by atoms with E-state index in [0.29, 0.717) is 5.56 Å². The Bertz CT molecular complexity index is 694. The number of aromatic hydroxyl groups is 1. The molecule has 6 nitrogen and oxygen atoms in total. The number of nitrogens with one attached hydrogen (secondary N) is 1. The topological polar surface area (TPSA) is 79.5 Å². The first-order valence-corrected chi connectivity index (χ1v) is 6.65. The number of phenolic OH excluding ortho intramolecular Hbond substituents is 1. The van der Waals surface area contributed by atoms with Gasteiger partial charge in [-0.15, -0.1) is 0 Å². The Morgan fingerprint density at radius 3 is 2.86 bits per heavy atom. The van der Waals surface area contributed by atoms with Gasteiger partial charge in [0, 0.05) is 5.69 Å². The van der Waals surface area contributed by atoms with E-state index in [-0.39, 0.29) is 23.2 Å². The summed E-state index contributed by atoms with van der Waals surface area (Å²) in [5, 5.41) is 17.6. The van der Waals surface area contributed by atoms with E-state index in [9.17, 15) is 9.90 Å². The lowest BCUT2D eigenvalue weighted by Crippen LogP contribution is -2.24. The predicted molar refractivity (Wildman–Crippen MR) is 80.6 cm³/mol. The normalized spacial score (nSPS) is 11.0. The zero-order valence-electron chi connectivity index (χ0n) is 11.7. The average molecular weight is 307 g/mol. The van der Waals surface area contributed by atoms with Crippen LogP contribution in [0.15, 0.2) is 29.4 Å². The van der Waals surface area contributed by atoms with Crippen molar-refractivity contribution in [1.29, 1.82) is 0 Å². The largest absolute Gasteiger partial charge is 0.506 e. The number of carbonyl (C=O) groups excluding carboxylic acids is 1. The molecule has 0 saturated carbocycles. The van der Waals surface area contributed by atoms with Crippen LogP contribution >= 0.6 is 11.6 Å². The van der Waals surface area contributed by atoms with Crippen molar-refractivity contribution in [2.75, 3.05) is 0 Å². The molecule has 2 rings (SSSR count). The Morgan fingerprint density at radius 2 is 2.24 bits per heavy atom. The van der Waals surface area contributed by atoms with Crippen molar-refractivity contribution in [3.8, 4) is 5.75 Å². The van der Waals surface area contributed by atoms with Gasteiger partial charge in [0.1, 0.15) is 12.3 Å². The molecule has 21 heavy (non-hydrogen) atoms. The summed E-state index contributed by atoms with van der Waals surface area (Å²) in [6.07, 6.45) is 1.45. The summed E-state index contributed by atoms with van der Waals surface area (Å²) >= 11 is 5.77. The maximum absolute atomic E-state index is 11.7. The fourth-order valence-electron chi connectivity index (χ4n) is 1.79. The van der Waals surface area contributed by atoms with Gasteiger partial charge in [-0.05, 0) is 43.7 Å². The predicted octanol–water partition coefficient (Wildman–Crippen LogP) is 2.01. The lowest BCUT2D eigenvalue weighted by molar-refractivity contribution is -0.121. The number of nitrogens with zero attached hydrogens (tertiary/aromatic N) is 3. The van der Waals surface area contributed by atoms with E-state index in [1.807, 2.05) is 19.9 Å². The third kappa shape index (κ3) is 4.06. The average Bonchev–Trinajstić information content (AvgIpc) is 2.72. The summed E-state index contributed by atoms with van der Waals surface area (Å²) in [5.74, 6) is -0.273. The fourth-order valence-corrected chi connectivity index (χ4v) is 1.98. The molecule has 0 aliphatic heterocycles. The third-order valence-electron chi connectivity index (χ3n) is 2.77. The van der Waals surface area contributed by atoms with Crippen LogP contribution in [0.4, 0.5) is 0 Å². The molecule has 2 N–H and O–H groups in total. The molecule has 7 heteroatoms. The zero-order valence-corrected chi connectivity index (χ0v) is 12.4. The van der Waals surface area contributed by atoms with Crippen molar-refractivity contribution in [1.82, 2.24) is 15.2 Å². The number of benzene rings is 1. The van der Waals surface area contributed by atoms with Crippen LogP contribution in [-0.2, 0) is 11.3 Å². The molecule has 2 aromatic rings. The molecular weight excluding hydrogens is 292 g/mol. The number of aryl methyl sites for hydroxylation is 2. The number of carbonyl (C=O) groups is 1. The summed E-state index contributed by atoms with van der Waals surface area (Å²) in [7, 11) is 0. The standard InChI is InChI=1S/C14H15ClN4O2/c1-9-5-10(2)19(18-9)8-14(21)17-16-7-11-3-4-13(20)12(15)6-11/h3-7,20H,8H2,1-2H3,(H,17,21)/b16-7-. The van der Waals surface area contributed by atoms with E-state index in [1.165, 1.54) is 12.3 Å². The van der Waals surface area contributed by atoms with Crippen LogP contribution in [-0.4, -0.2) is 27.0 Å². The van der Waals surface area contributed by atoms with E-state index >= 15 is 0 Å². The van der Waals surface area contributed by atoms with Crippen LogP contribution in [0.2, 0.25) is 5.02 Å². The fraction of sp³-hybridized carbons (Fsp3) is 0.214. The highest BCUT2D eigenvalue weighted by Crippen LogP contribution is 2.22. The van der Waals surface area contributed by atoms with E-state index in [1.54, 1.807) is 16.8 Å². The maximum Gasteiger partial charge on any atom is 0.261 e. The van der Waals surface area contributed by atoms with Crippen molar-refractivity contribution >= 4 is 23.7 Å². The van der Waals surface area contributed by atoms with E-state index in [4.69, 9.17) is 11.6 Å². The van der Waals surface area contributed by atoms with Gasteiger partial charge in [0.05, 0.1) is 16.9 Å². The van der Waals surface area contributed by atoms with Crippen LogP contribution in [0.3, 0.4) is 0 Å². The molecule has 0 spiro atoms. The molecule has 0 unspecified atom stereocenters. The molecule has 0 atom stereocenters. The van der Waals surface area contributed by atoms with E-state index in [0.717, 1.165) is 11.4 Å². The summed E-state index contributed by atoms with van der Waals surface area (Å²) < 4.78 is 1.61. The highest BCUT2D eigenvalue weighted by molar-refractivity contribution is 6.32. The summed E-state index contributed by atoms with van der Waals surface area (Å²) in [5.41, 5.74) is 4.86. The van der Waals surface area contributed by atoms with Crippen LogP contribution in [0, 0.1) is 13.8 Å². The van der Waals surface area contributed by atoms with Crippen molar-refractivity contribution < 1.29 is 9.90 Å². The Hall–Kier alpha value is -2.34. The first-order chi connectivity index (χ1) is 9.95. The minimum atomic E-state index is -0.276. The molecular formula is C14H15ClN4O2. The quantitative estimate of drug-likeness (QED) is 0.670. The number of hydrogen-bond acceptors (Lipinski definition) is 4. The van der Waals surface area contributed by atoms with E-state index in [2.05, 4.69) is 15.6 Å². The van der Waals surface area contributed by atoms with Crippen molar-refractivity contribution in [3.05, 3.63) is 46.2 Å². The van der Waals surface area contributed by atoms with Gasteiger partial charge in [-0.25, -0.2) is 5.43 Å². The van der Waals surface area contributed by atoms with Gasteiger partial charge in [-0.3, -0.25) is 9.48 Å². The highest BCUT2D eigenvalue weighted by Gasteiger charge is 2.06. The number of phenols is 1.